The van der Waals surface area contributed by atoms with Crippen LogP contribution in [0.3, 0.4) is 0 Å². The molecule has 2 aromatic carbocycles. The molecule has 1 aliphatic rings. The van der Waals surface area contributed by atoms with Crippen molar-refractivity contribution in [3.63, 3.8) is 0 Å². The Morgan fingerprint density at radius 3 is 2.48 bits per heavy atom. The van der Waals surface area contributed by atoms with Crippen molar-refractivity contribution in [3.05, 3.63) is 71.6 Å². The van der Waals surface area contributed by atoms with Crippen LogP contribution in [-0.2, 0) is 6.42 Å². The van der Waals surface area contributed by atoms with Crippen LogP contribution in [0.4, 0.5) is 13.2 Å². The first-order valence-electron chi connectivity index (χ1n) is 10.2. The van der Waals surface area contributed by atoms with Gasteiger partial charge in [0.25, 0.3) is 0 Å². The Hall–Kier alpha value is -2.43. The number of aryl methyl sites for hydroxylation is 1. The van der Waals surface area contributed by atoms with Gasteiger partial charge in [0, 0.05) is 6.07 Å². The van der Waals surface area contributed by atoms with E-state index >= 15 is 0 Å². The maximum absolute atomic E-state index is 14.6. The number of halogens is 3. The standard InChI is InChI=1S/C24H27F3O2/c1-2-3-14-29-22-13-12-20(23(26)24(22)27)17-7-4-16(5-8-17)6-9-18-10-11-19(28)15-21(18)25/h2,10-13,15-17,28H,1,3-9,14H2. The van der Waals surface area contributed by atoms with E-state index in [1.54, 1.807) is 18.2 Å². The molecule has 1 saturated carbocycles. The highest BCUT2D eigenvalue weighted by molar-refractivity contribution is 5.33. The summed E-state index contributed by atoms with van der Waals surface area (Å²) in [5.41, 5.74) is 1.02. The van der Waals surface area contributed by atoms with Gasteiger partial charge in [-0.1, -0.05) is 18.2 Å². The number of hydrogen-bond donors (Lipinski definition) is 1. The SMILES string of the molecule is C=CCCOc1ccc(C2CCC(CCc3ccc(O)cc3F)CC2)c(F)c1F. The van der Waals surface area contributed by atoms with Gasteiger partial charge in [0.05, 0.1) is 6.61 Å². The van der Waals surface area contributed by atoms with Crippen LogP contribution in [0.1, 0.15) is 55.6 Å². The largest absolute Gasteiger partial charge is 0.508 e. The molecule has 1 fully saturated rings. The van der Waals surface area contributed by atoms with E-state index in [0.29, 0.717) is 29.9 Å². The molecule has 1 aliphatic carbocycles. The molecule has 0 heterocycles. The van der Waals surface area contributed by atoms with Gasteiger partial charge < -0.3 is 9.84 Å². The molecule has 0 saturated heterocycles. The Balaban J connectivity index is 1.54. The lowest BCUT2D eigenvalue weighted by atomic mass is 9.76. The maximum Gasteiger partial charge on any atom is 0.200 e. The normalized spacial score (nSPS) is 19.1. The van der Waals surface area contributed by atoms with Crippen molar-refractivity contribution < 1.29 is 23.0 Å². The zero-order chi connectivity index (χ0) is 20.8. The molecule has 0 amide bonds. The molecular formula is C24H27F3O2. The summed E-state index contributed by atoms with van der Waals surface area (Å²) in [6.07, 6.45) is 7.08. The lowest BCUT2D eigenvalue weighted by Gasteiger charge is -2.29. The average Bonchev–Trinajstić information content (AvgIpc) is 2.71. The highest BCUT2D eigenvalue weighted by Crippen LogP contribution is 2.40. The molecule has 2 aromatic rings. The van der Waals surface area contributed by atoms with Crippen molar-refractivity contribution in [1.82, 2.24) is 0 Å². The fourth-order valence-electron chi connectivity index (χ4n) is 4.09. The minimum atomic E-state index is -0.920. The second-order valence-electron chi connectivity index (χ2n) is 7.74. The molecule has 0 aromatic heterocycles. The van der Waals surface area contributed by atoms with Crippen molar-refractivity contribution in [2.45, 2.75) is 50.9 Å². The molecule has 0 radical (unpaired) electrons. The van der Waals surface area contributed by atoms with Crippen LogP contribution >= 0.6 is 0 Å². The molecule has 2 nitrogen and oxygen atoms in total. The van der Waals surface area contributed by atoms with Crippen LogP contribution in [0.25, 0.3) is 0 Å². The fraction of sp³-hybridized carbons (Fsp3) is 0.417. The van der Waals surface area contributed by atoms with Crippen molar-refractivity contribution in [2.75, 3.05) is 6.61 Å². The number of ether oxygens (including phenoxy) is 1. The van der Waals surface area contributed by atoms with E-state index in [4.69, 9.17) is 4.74 Å². The first-order valence-corrected chi connectivity index (χ1v) is 10.2. The zero-order valence-corrected chi connectivity index (χ0v) is 16.5. The molecule has 29 heavy (non-hydrogen) atoms. The van der Waals surface area contributed by atoms with Gasteiger partial charge in [0.2, 0.25) is 5.82 Å². The van der Waals surface area contributed by atoms with Gasteiger partial charge >= 0.3 is 0 Å². The van der Waals surface area contributed by atoms with Crippen molar-refractivity contribution in [1.29, 1.82) is 0 Å². The summed E-state index contributed by atoms with van der Waals surface area (Å²) in [5, 5.41) is 9.30. The highest BCUT2D eigenvalue weighted by Gasteiger charge is 2.26. The Bertz CT molecular complexity index is 842. The molecule has 0 bridgehead atoms. The number of phenols is 1. The third kappa shape index (κ3) is 5.34. The summed E-state index contributed by atoms with van der Waals surface area (Å²) >= 11 is 0. The van der Waals surface area contributed by atoms with E-state index in [9.17, 15) is 18.3 Å². The van der Waals surface area contributed by atoms with Crippen LogP contribution in [0.15, 0.2) is 43.0 Å². The van der Waals surface area contributed by atoms with Gasteiger partial charge in [-0.25, -0.2) is 8.78 Å². The van der Waals surface area contributed by atoms with E-state index in [1.165, 1.54) is 12.1 Å². The van der Waals surface area contributed by atoms with Crippen LogP contribution in [0, 0.1) is 23.4 Å². The monoisotopic (exact) mass is 404 g/mol. The Morgan fingerprint density at radius 2 is 1.79 bits per heavy atom. The van der Waals surface area contributed by atoms with E-state index in [0.717, 1.165) is 38.2 Å². The molecule has 5 heteroatoms. The van der Waals surface area contributed by atoms with Crippen molar-refractivity contribution in [2.24, 2.45) is 5.92 Å². The summed E-state index contributed by atoms with van der Waals surface area (Å²) in [5.74, 6) is -1.81. The fourth-order valence-corrected chi connectivity index (χ4v) is 4.09. The molecule has 0 aliphatic heterocycles. The van der Waals surface area contributed by atoms with Gasteiger partial charge in [-0.15, -0.1) is 6.58 Å². The minimum Gasteiger partial charge on any atom is -0.508 e. The predicted molar refractivity (Wildman–Crippen MR) is 108 cm³/mol. The quantitative estimate of drug-likeness (QED) is 0.393. The van der Waals surface area contributed by atoms with Gasteiger partial charge in [-0.2, -0.15) is 4.39 Å². The van der Waals surface area contributed by atoms with Crippen LogP contribution in [0.5, 0.6) is 11.5 Å². The third-order valence-corrected chi connectivity index (χ3v) is 5.80. The molecule has 156 valence electrons. The van der Waals surface area contributed by atoms with E-state index < -0.39 is 11.6 Å². The highest BCUT2D eigenvalue weighted by atomic mass is 19.2. The number of phenolic OH excluding ortho intramolecular Hbond substituents is 1. The second kappa shape index (κ2) is 9.86. The van der Waals surface area contributed by atoms with Crippen LogP contribution in [0.2, 0.25) is 0 Å². The minimum absolute atomic E-state index is 0.00613. The van der Waals surface area contributed by atoms with Gasteiger partial charge in [0.1, 0.15) is 11.6 Å². The third-order valence-electron chi connectivity index (χ3n) is 5.80. The Morgan fingerprint density at radius 1 is 1.03 bits per heavy atom. The van der Waals surface area contributed by atoms with E-state index in [2.05, 4.69) is 6.58 Å². The molecule has 0 atom stereocenters. The molecule has 3 rings (SSSR count). The van der Waals surface area contributed by atoms with E-state index in [-0.39, 0.29) is 29.8 Å². The summed E-state index contributed by atoms with van der Waals surface area (Å²) < 4.78 is 48.0. The number of aromatic hydroxyl groups is 1. The zero-order valence-electron chi connectivity index (χ0n) is 16.5. The first kappa shape index (κ1) is 21.3. The van der Waals surface area contributed by atoms with Gasteiger partial charge in [-0.3, -0.25) is 0 Å². The topological polar surface area (TPSA) is 29.5 Å². The Kier molecular flexibility index (Phi) is 7.24. The van der Waals surface area contributed by atoms with Crippen LogP contribution in [-0.4, -0.2) is 11.7 Å². The summed E-state index contributed by atoms with van der Waals surface area (Å²) in [4.78, 5) is 0. The molecular weight excluding hydrogens is 377 g/mol. The molecule has 0 spiro atoms. The summed E-state index contributed by atoms with van der Waals surface area (Å²) in [7, 11) is 0. The van der Waals surface area contributed by atoms with Crippen molar-refractivity contribution >= 4 is 0 Å². The number of hydrogen-bond acceptors (Lipinski definition) is 2. The molecule has 1 N–H and O–H groups in total. The smallest absolute Gasteiger partial charge is 0.200 e. The number of benzene rings is 2. The Labute approximate surface area is 170 Å². The predicted octanol–water partition coefficient (Wildman–Crippen LogP) is 6.67. The summed E-state index contributed by atoms with van der Waals surface area (Å²) in [6, 6.07) is 7.40. The van der Waals surface area contributed by atoms with E-state index in [1.807, 2.05) is 0 Å². The maximum atomic E-state index is 14.6. The molecule has 0 unspecified atom stereocenters. The van der Waals surface area contributed by atoms with Gasteiger partial charge in [0.15, 0.2) is 11.6 Å². The average molecular weight is 404 g/mol. The van der Waals surface area contributed by atoms with Crippen LogP contribution < -0.4 is 4.74 Å². The second-order valence-corrected chi connectivity index (χ2v) is 7.74. The van der Waals surface area contributed by atoms with Gasteiger partial charge in [-0.05, 0) is 80.0 Å². The summed E-state index contributed by atoms with van der Waals surface area (Å²) in [6.45, 7) is 3.84. The lowest BCUT2D eigenvalue weighted by molar-refractivity contribution is 0.291. The first-order chi connectivity index (χ1) is 14.0. The number of rotatable bonds is 8. The lowest BCUT2D eigenvalue weighted by Crippen LogP contribution is -2.16. The van der Waals surface area contributed by atoms with Crippen molar-refractivity contribution in [3.8, 4) is 11.5 Å².